The van der Waals surface area contributed by atoms with Gasteiger partial charge in [-0.05, 0) is 30.4 Å². The van der Waals surface area contributed by atoms with Crippen LogP contribution < -0.4 is 9.88 Å². The second kappa shape index (κ2) is 5.98. The van der Waals surface area contributed by atoms with E-state index in [0.29, 0.717) is 18.6 Å². The zero-order chi connectivity index (χ0) is 16.4. The lowest BCUT2D eigenvalue weighted by molar-refractivity contribution is -0.386. The van der Waals surface area contributed by atoms with Crippen LogP contribution in [0, 0.1) is 22.5 Å². The van der Waals surface area contributed by atoms with Crippen molar-refractivity contribution in [3.05, 3.63) is 27.8 Å². The van der Waals surface area contributed by atoms with Crippen molar-refractivity contribution in [3.8, 4) is 5.75 Å². The Bertz CT molecular complexity index is 647. The summed E-state index contributed by atoms with van der Waals surface area (Å²) in [6.07, 6.45) is 0.708. The second-order valence-corrected chi connectivity index (χ2v) is 7.58. The summed E-state index contributed by atoms with van der Waals surface area (Å²) >= 11 is 0. The number of primary sulfonamides is 1. The molecule has 1 rings (SSSR count). The Balaban J connectivity index is 3.16. The molecule has 118 valence electrons. The van der Waals surface area contributed by atoms with Gasteiger partial charge in [0, 0.05) is 6.07 Å². The molecule has 1 aromatic carbocycles. The summed E-state index contributed by atoms with van der Waals surface area (Å²) in [6, 6.07) is 2.28. The molecule has 0 fully saturated rings. The smallest absolute Gasteiger partial charge is 0.312 e. The molecule has 2 N–H and O–H groups in total. The van der Waals surface area contributed by atoms with Gasteiger partial charge >= 0.3 is 5.69 Å². The number of hydrogen-bond acceptors (Lipinski definition) is 5. The number of ether oxygens (including phenoxy) is 1. The van der Waals surface area contributed by atoms with Gasteiger partial charge in [-0.2, -0.15) is 0 Å². The number of hydrogen-bond donors (Lipinski definition) is 1. The average Bonchev–Trinajstić information content (AvgIpc) is 2.24. The molecule has 0 saturated carbocycles. The molecule has 0 unspecified atom stereocenters. The summed E-state index contributed by atoms with van der Waals surface area (Å²) in [5, 5.41) is 16.1. The van der Waals surface area contributed by atoms with Gasteiger partial charge in [0.25, 0.3) is 0 Å². The zero-order valence-corrected chi connectivity index (χ0v) is 13.4. The third-order valence-electron chi connectivity index (χ3n) is 2.87. The molecule has 21 heavy (non-hydrogen) atoms. The minimum Gasteiger partial charge on any atom is -0.487 e. The fourth-order valence-electron chi connectivity index (χ4n) is 1.68. The first kappa shape index (κ1) is 17.4. The van der Waals surface area contributed by atoms with Crippen molar-refractivity contribution >= 4 is 15.7 Å². The second-order valence-electron chi connectivity index (χ2n) is 6.05. The fourth-order valence-corrected chi connectivity index (χ4v) is 2.47. The summed E-state index contributed by atoms with van der Waals surface area (Å²) in [7, 11) is -4.01. The highest BCUT2D eigenvalue weighted by Crippen LogP contribution is 2.32. The van der Waals surface area contributed by atoms with E-state index >= 15 is 0 Å². The third-order valence-corrected chi connectivity index (χ3v) is 3.92. The standard InChI is InChI=1S/C13H20N2O5S/c1-9-7-11(20-6-5-13(2,3)4)10(15(16)17)8-12(9)21(14,18)19/h7-8H,5-6H2,1-4H3,(H2,14,18,19). The van der Waals surface area contributed by atoms with Crippen LogP contribution in [0.2, 0.25) is 0 Å². The summed E-state index contributed by atoms with van der Waals surface area (Å²) in [5.41, 5.74) is -0.0583. The van der Waals surface area contributed by atoms with Gasteiger partial charge in [0.15, 0.2) is 5.75 Å². The van der Waals surface area contributed by atoms with Gasteiger partial charge in [0.05, 0.1) is 16.4 Å². The molecule has 0 spiro atoms. The van der Waals surface area contributed by atoms with Crippen LogP contribution in [-0.2, 0) is 10.0 Å². The van der Waals surface area contributed by atoms with Crippen molar-refractivity contribution in [3.63, 3.8) is 0 Å². The Hall–Kier alpha value is -1.67. The Kier molecular flexibility index (Phi) is 4.95. The molecule has 0 amide bonds. The van der Waals surface area contributed by atoms with Crippen molar-refractivity contribution in [2.75, 3.05) is 6.61 Å². The Morgan fingerprint density at radius 2 is 1.90 bits per heavy atom. The molecular weight excluding hydrogens is 296 g/mol. The van der Waals surface area contributed by atoms with E-state index < -0.39 is 20.6 Å². The van der Waals surface area contributed by atoms with Crippen LogP contribution >= 0.6 is 0 Å². The van der Waals surface area contributed by atoms with E-state index in [1.54, 1.807) is 0 Å². The normalized spacial score (nSPS) is 12.2. The van der Waals surface area contributed by atoms with Gasteiger partial charge in [-0.1, -0.05) is 20.8 Å². The molecule has 0 bridgehead atoms. The monoisotopic (exact) mass is 316 g/mol. The van der Waals surface area contributed by atoms with Gasteiger partial charge in [0.1, 0.15) is 0 Å². The number of nitrogens with two attached hydrogens (primary N) is 1. The summed E-state index contributed by atoms with van der Waals surface area (Å²) in [6.45, 7) is 7.90. The predicted molar refractivity (Wildman–Crippen MR) is 78.8 cm³/mol. The van der Waals surface area contributed by atoms with Crippen LogP contribution in [-0.4, -0.2) is 19.9 Å². The highest BCUT2D eigenvalue weighted by molar-refractivity contribution is 7.89. The molecule has 0 atom stereocenters. The number of rotatable bonds is 5. The van der Waals surface area contributed by atoms with Gasteiger partial charge in [-0.25, -0.2) is 13.6 Å². The van der Waals surface area contributed by atoms with Crippen molar-refractivity contribution in [1.29, 1.82) is 0 Å². The van der Waals surface area contributed by atoms with E-state index in [1.165, 1.54) is 13.0 Å². The lowest BCUT2D eigenvalue weighted by Crippen LogP contribution is -2.15. The van der Waals surface area contributed by atoms with Crippen LogP contribution in [0.5, 0.6) is 5.75 Å². The summed E-state index contributed by atoms with van der Waals surface area (Å²) < 4.78 is 28.2. The van der Waals surface area contributed by atoms with Crippen LogP contribution in [0.1, 0.15) is 32.8 Å². The van der Waals surface area contributed by atoms with Crippen molar-refractivity contribution in [2.45, 2.75) is 39.0 Å². The van der Waals surface area contributed by atoms with E-state index in [2.05, 4.69) is 0 Å². The number of aryl methyl sites for hydroxylation is 1. The molecular formula is C13H20N2O5S. The van der Waals surface area contributed by atoms with Crippen LogP contribution in [0.4, 0.5) is 5.69 Å². The molecule has 7 nitrogen and oxygen atoms in total. The predicted octanol–water partition coefficient (Wildman–Crippen LogP) is 2.37. The Morgan fingerprint density at radius 1 is 1.33 bits per heavy atom. The summed E-state index contributed by atoms with van der Waals surface area (Å²) in [5.74, 6) is 0.0501. The van der Waals surface area contributed by atoms with Crippen LogP contribution in [0.3, 0.4) is 0 Å². The maximum Gasteiger partial charge on any atom is 0.312 e. The van der Waals surface area contributed by atoms with E-state index in [0.717, 1.165) is 6.07 Å². The molecule has 0 saturated heterocycles. The van der Waals surface area contributed by atoms with E-state index in [1.807, 2.05) is 20.8 Å². The first-order valence-corrected chi connectivity index (χ1v) is 7.91. The SMILES string of the molecule is Cc1cc(OCCC(C)(C)C)c([N+](=O)[O-])cc1S(N)(=O)=O. The zero-order valence-electron chi connectivity index (χ0n) is 12.5. The fraction of sp³-hybridized carbons (Fsp3) is 0.538. The van der Waals surface area contributed by atoms with Gasteiger partial charge < -0.3 is 4.74 Å². The highest BCUT2D eigenvalue weighted by atomic mass is 32.2. The van der Waals surface area contributed by atoms with Crippen LogP contribution in [0.15, 0.2) is 17.0 Å². The maximum absolute atomic E-state index is 11.4. The molecule has 0 aromatic heterocycles. The van der Waals surface area contributed by atoms with Crippen molar-refractivity contribution in [2.24, 2.45) is 10.6 Å². The van der Waals surface area contributed by atoms with Crippen LogP contribution in [0.25, 0.3) is 0 Å². The number of nitro benzene ring substituents is 1. The summed E-state index contributed by atoms with van der Waals surface area (Å²) in [4.78, 5) is 10.1. The highest BCUT2D eigenvalue weighted by Gasteiger charge is 2.23. The van der Waals surface area contributed by atoms with Gasteiger partial charge in [-0.15, -0.1) is 0 Å². The molecule has 0 radical (unpaired) electrons. The number of nitro groups is 1. The lowest BCUT2D eigenvalue weighted by atomic mass is 9.93. The molecule has 0 aliphatic heterocycles. The number of sulfonamides is 1. The third kappa shape index (κ3) is 4.98. The average molecular weight is 316 g/mol. The number of benzene rings is 1. The largest absolute Gasteiger partial charge is 0.487 e. The molecule has 0 aliphatic rings. The maximum atomic E-state index is 11.4. The first-order valence-electron chi connectivity index (χ1n) is 6.36. The van der Waals surface area contributed by atoms with Crippen molar-refractivity contribution in [1.82, 2.24) is 0 Å². The van der Waals surface area contributed by atoms with E-state index in [-0.39, 0.29) is 16.1 Å². The van der Waals surface area contributed by atoms with Gasteiger partial charge in [0.2, 0.25) is 10.0 Å². The quantitative estimate of drug-likeness (QED) is 0.662. The molecule has 0 heterocycles. The molecule has 0 aliphatic carbocycles. The Labute approximate surface area is 124 Å². The minimum atomic E-state index is -4.01. The van der Waals surface area contributed by atoms with Crippen molar-refractivity contribution < 1.29 is 18.1 Å². The van der Waals surface area contributed by atoms with E-state index in [4.69, 9.17) is 9.88 Å². The topological polar surface area (TPSA) is 113 Å². The minimum absolute atomic E-state index is 0.0321. The van der Waals surface area contributed by atoms with E-state index in [9.17, 15) is 18.5 Å². The lowest BCUT2D eigenvalue weighted by Gasteiger charge is -2.18. The number of nitrogens with zero attached hydrogens (tertiary/aromatic N) is 1. The Morgan fingerprint density at radius 3 is 2.33 bits per heavy atom. The van der Waals surface area contributed by atoms with Gasteiger partial charge in [-0.3, -0.25) is 10.1 Å². The first-order chi connectivity index (χ1) is 9.42. The molecule has 1 aromatic rings. The molecule has 8 heteroatoms.